The molecular weight excluding hydrogens is 226 g/mol. The van der Waals surface area contributed by atoms with Gasteiger partial charge in [-0.2, -0.15) is 0 Å². The van der Waals surface area contributed by atoms with Crippen molar-refractivity contribution in [2.45, 2.75) is 44.2 Å². The number of ether oxygens (including phenoxy) is 1. The summed E-state index contributed by atoms with van der Waals surface area (Å²) in [5.74, 6) is 6.74. The molecule has 4 heteroatoms. The molecule has 2 aliphatic rings. The highest BCUT2D eigenvalue weighted by atomic mass is 16.5. The van der Waals surface area contributed by atoms with Crippen LogP contribution >= 0.6 is 0 Å². The van der Waals surface area contributed by atoms with Crippen molar-refractivity contribution >= 4 is 0 Å². The summed E-state index contributed by atoms with van der Waals surface area (Å²) < 4.78 is 5.68. The molecular formula is C14H21N3O. The molecule has 1 aliphatic heterocycles. The van der Waals surface area contributed by atoms with Crippen LogP contribution in [0.1, 0.15) is 36.9 Å². The van der Waals surface area contributed by atoms with Gasteiger partial charge in [-0.05, 0) is 37.8 Å². The van der Waals surface area contributed by atoms with Gasteiger partial charge in [-0.3, -0.25) is 16.3 Å². The number of hydrogen-bond donors (Lipinski definition) is 2. The molecule has 4 nitrogen and oxygen atoms in total. The van der Waals surface area contributed by atoms with Crippen molar-refractivity contribution in [1.82, 2.24) is 10.4 Å². The van der Waals surface area contributed by atoms with E-state index in [9.17, 15) is 0 Å². The van der Waals surface area contributed by atoms with Gasteiger partial charge in [0.15, 0.2) is 0 Å². The number of hydrazine groups is 1. The normalized spacial score (nSPS) is 32.4. The minimum atomic E-state index is 0.277. The average Bonchev–Trinajstić information content (AvgIpc) is 2.99. The van der Waals surface area contributed by atoms with Gasteiger partial charge in [-0.1, -0.05) is 6.07 Å². The molecule has 4 unspecified atom stereocenters. The number of rotatable bonds is 3. The van der Waals surface area contributed by atoms with E-state index in [-0.39, 0.29) is 6.04 Å². The first-order chi connectivity index (χ1) is 8.81. The van der Waals surface area contributed by atoms with Gasteiger partial charge in [0, 0.05) is 36.4 Å². The Bertz CT molecular complexity index is 423. The van der Waals surface area contributed by atoms with E-state index in [1.807, 2.05) is 12.3 Å². The van der Waals surface area contributed by atoms with Crippen molar-refractivity contribution in [2.24, 2.45) is 11.8 Å². The molecule has 3 N–H and O–H groups in total. The number of pyridine rings is 1. The molecule has 0 bridgehead atoms. The molecule has 0 spiro atoms. The number of aromatic nitrogens is 1. The Hall–Kier alpha value is -0.970. The Labute approximate surface area is 108 Å². The lowest BCUT2D eigenvalue weighted by atomic mass is 9.83. The number of nitrogens with zero attached hydrogens (tertiary/aromatic N) is 1. The van der Waals surface area contributed by atoms with Gasteiger partial charge in [0.25, 0.3) is 0 Å². The van der Waals surface area contributed by atoms with Crippen LogP contribution < -0.4 is 11.3 Å². The molecule has 0 saturated carbocycles. The third-order valence-electron chi connectivity index (χ3n) is 4.52. The van der Waals surface area contributed by atoms with E-state index in [0.717, 1.165) is 25.9 Å². The highest BCUT2D eigenvalue weighted by molar-refractivity contribution is 5.30. The van der Waals surface area contributed by atoms with Crippen LogP contribution in [0.15, 0.2) is 18.3 Å². The van der Waals surface area contributed by atoms with Crippen LogP contribution in [0, 0.1) is 5.92 Å². The molecule has 18 heavy (non-hydrogen) atoms. The third-order valence-corrected chi connectivity index (χ3v) is 4.52. The van der Waals surface area contributed by atoms with Gasteiger partial charge in [0.1, 0.15) is 0 Å². The van der Waals surface area contributed by atoms with Gasteiger partial charge in [0.2, 0.25) is 0 Å². The number of hydrogen-bond acceptors (Lipinski definition) is 4. The molecule has 98 valence electrons. The SMILES string of the molecule is CC1OCCC1C(NN)C1CCc2cccnc21. The highest BCUT2D eigenvalue weighted by Crippen LogP contribution is 2.39. The molecule has 1 saturated heterocycles. The zero-order valence-corrected chi connectivity index (χ0v) is 10.8. The van der Waals surface area contributed by atoms with E-state index in [4.69, 9.17) is 10.6 Å². The standard InChI is InChI=1S/C14H21N3O/c1-9-11(6-8-18-9)14(17-15)12-5-4-10-3-2-7-16-13(10)12/h2-3,7,9,11-12,14,17H,4-6,8,15H2,1H3. The van der Waals surface area contributed by atoms with Crippen molar-refractivity contribution in [2.75, 3.05) is 6.61 Å². The van der Waals surface area contributed by atoms with Gasteiger partial charge in [0.05, 0.1) is 6.10 Å². The topological polar surface area (TPSA) is 60.2 Å². The predicted molar refractivity (Wildman–Crippen MR) is 69.9 cm³/mol. The lowest BCUT2D eigenvalue weighted by Gasteiger charge is -2.30. The van der Waals surface area contributed by atoms with Crippen LogP contribution in [0.25, 0.3) is 0 Å². The molecule has 0 aromatic carbocycles. The van der Waals surface area contributed by atoms with E-state index in [2.05, 4.69) is 23.4 Å². The fraction of sp³-hybridized carbons (Fsp3) is 0.643. The van der Waals surface area contributed by atoms with E-state index in [0.29, 0.717) is 17.9 Å². The monoisotopic (exact) mass is 247 g/mol. The summed E-state index contributed by atoms with van der Waals surface area (Å²) in [7, 11) is 0. The Morgan fingerprint density at radius 2 is 2.39 bits per heavy atom. The second-order valence-corrected chi connectivity index (χ2v) is 5.41. The van der Waals surface area contributed by atoms with Crippen molar-refractivity contribution in [1.29, 1.82) is 0 Å². The fourth-order valence-electron chi connectivity index (χ4n) is 3.55. The Morgan fingerprint density at radius 1 is 1.50 bits per heavy atom. The largest absolute Gasteiger partial charge is 0.378 e. The van der Waals surface area contributed by atoms with E-state index >= 15 is 0 Å². The minimum Gasteiger partial charge on any atom is -0.378 e. The second kappa shape index (κ2) is 4.96. The van der Waals surface area contributed by atoms with Crippen molar-refractivity contribution < 1.29 is 4.74 Å². The Balaban J connectivity index is 1.85. The van der Waals surface area contributed by atoms with Crippen LogP contribution in [0.5, 0.6) is 0 Å². The first-order valence-electron chi connectivity index (χ1n) is 6.82. The highest BCUT2D eigenvalue weighted by Gasteiger charge is 2.39. The molecule has 3 rings (SSSR count). The first kappa shape index (κ1) is 12.1. The van der Waals surface area contributed by atoms with Crippen LogP contribution in [-0.4, -0.2) is 23.7 Å². The van der Waals surface area contributed by atoms with Gasteiger partial charge in [-0.25, -0.2) is 0 Å². The molecule has 0 amide bonds. The smallest absolute Gasteiger partial charge is 0.0591 e. The van der Waals surface area contributed by atoms with Gasteiger partial charge >= 0.3 is 0 Å². The first-order valence-corrected chi connectivity index (χ1v) is 6.82. The number of nitrogens with one attached hydrogen (secondary N) is 1. The molecule has 1 fully saturated rings. The Kier molecular flexibility index (Phi) is 3.33. The predicted octanol–water partition coefficient (Wildman–Crippen LogP) is 1.37. The van der Waals surface area contributed by atoms with E-state index in [1.54, 1.807) is 0 Å². The molecule has 0 radical (unpaired) electrons. The van der Waals surface area contributed by atoms with Crippen LogP contribution in [-0.2, 0) is 11.2 Å². The third kappa shape index (κ3) is 1.94. The zero-order valence-electron chi connectivity index (χ0n) is 10.8. The van der Waals surface area contributed by atoms with Crippen LogP contribution in [0.2, 0.25) is 0 Å². The quantitative estimate of drug-likeness (QED) is 0.625. The maximum atomic E-state index is 5.82. The summed E-state index contributed by atoms with van der Waals surface area (Å²) >= 11 is 0. The van der Waals surface area contributed by atoms with Gasteiger partial charge in [-0.15, -0.1) is 0 Å². The van der Waals surface area contributed by atoms with E-state index in [1.165, 1.54) is 11.3 Å². The molecule has 1 aliphatic carbocycles. The van der Waals surface area contributed by atoms with Crippen molar-refractivity contribution in [3.63, 3.8) is 0 Å². The maximum Gasteiger partial charge on any atom is 0.0591 e. The summed E-state index contributed by atoms with van der Waals surface area (Å²) in [4.78, 5) is 4.57. The summed E-state index contributed by atoms with van der Waals surface area (Å²) in [5.41, 5.74) is 5.66. The zero-order chi connectivity index (χ0) is 12.5. The fourth-order valence-corrected chi connectivity index (χ4v) is 3.55. The number of aryl methyl sites for hydroxylation is 1. The summed E-state index contributed by atoms with van der Waals surface area (Å²) in [5, 5.41) is 0. The van der Waals surface area contributed by atoms with Gasteiger partial charge < -0.3 is 4.74 Å². The van der Waals surface area contributed by atoms with Crippen LogP contribution in [0.4, 0.5) is 0 Å². The molecule has 1 aromatic rings. The Morgan fingerprint density at radius 3 is 3.11 bits per heavy atom. The lowest BCUT2D eigenvalue weighted by Crippen LogP contribution is -2.46. The summed E-state index contributed by atoms with van der Waals surface area (Å²) in [6, 6.07) is 4.48. The molecule has 1 aromatic heterocycles. The lowest BCUT2D eigenvalue weighted by molar-refractivity contribution is 0.0914. The average molecular weight is 247 g/mol. The molecule has 2 heterocycles. The van der Waals surface area contributed by atoms with Crippen molar-refractivity contribution in [3.8, 4) is 0 Å². The molecule has 4 atom stereocenters. The minimum absolute atomic E-state index is 0.277. The van der Waals surface area contributed by atoms with Crippen LogP contribution in [0.3, 0.4) is 0 Å². The summed E-state index contributed by atoms with van der Waals surface area (Å²) in [6.07, 6.45) is 5.53. The van der Waals surface area contributed by atoms with Crippen molar-refractivity contribution in [3.05, 3.63) is 29.6 Å². The number of fused-ring (bicyclic) bond motifs is 1. The second-order valence-electron chi connectivity index (χ2n) is 5.41. The maximum absolute atomic E-state index is 5.82. The number of nitrogens with two attached hydrogens (primary N) is 1. The van der Waals surface area contributed by atoms with E-state index < -0.39 is 0 Å². The summed E-state index contributed by atoms with van der Waals surface area (Å²) in [6.45, 7) is 3.00.